The number of likely N-dealkylation sites (tertiary alicyclic amines) is 1. The Kier molecular flexibility index (Phi) is 7.04. The molecule has 0 aliphatic carbocycles. The maximum atomic E-state index is 12.8. The highest BCUT2D eigenvalue weighted by Gasteiger charge is 2.28. The summed E-state index contributed by atoms with van der Waals surface area (Å²) in [6.45, 7) is 1.16. The molecule has 3 amide bonds. The molecule has 0 bridgehead atoms. The van der Waals surface area contributed by atoms with Crippen molar-refractivity contribution in [3.05, 3.63) is 58.5 Å². The summed E-state index contributed by atoms with van der Waals surface area (Å²) >= 11 is 1.26. The molecule has 3 aromatic rings. The molecule has 1 fully saturated rings. The SMILES string of the molecule is COc1ccc(NC(=O)c2nnc([C@@H]3CCCN(C(=O)Nc4ccccc4OC)C3)s2)cc1. The topological polar surface area (TPSA) is 106 Å². The van der Waals surface area contributed by atoms with E-state index in [-0.39, 0.29) is 22.9 Å². The molecule has 1 atom stereocenters. The summed E-state index contributed by atoms with van der Waals surface area (Å²) < 4.78 is 10.4. The van der Waals surface area contributed by atoms with Gasteiger partial charge in [0.05, 0.1) is 19.9 Å². The second kappa shape index (κ2) is 10.3. The number of nitrogens with one attached hydrogen (secondary N) is 2. The average Bonchev–Trinajstić information content (AvgIpc) is 3.36. The zero-order chi connectivity index (χ0) is 23.2. The number of benzene rings is 2. The van der Waals surface area contributed by atoms with Gasteiger partial charge in [0, 0.05) is 24.7 Å². The minimum atomic E-state index is -0.314. The van der Waals surface area contributed by atoms with Gasteiger partial charge < -0.3 is 25.0 Å². The van der Waals surface area contributed by atoms with Gasteiger partial charge in [-0.05, 0) is 49.2 Å². The van der Waals surface area contributed by atoms with E-state index < -0.39 is 0 Å². The van der Waals surface area contributed by atoms with Gasteiger partial charge in [-0.2, -0.15) is 0 Å². The molecule has 0 unspecified atom stereocenters. The molecule has 1 aromatic heterocycles. The Bertz CT molecular complexity index is 1120. The second-order valence-electron chi connectivity index (χ2n) is 7.54. The van der Waals surface area contributed by atoms with E-state index in [9.17, 15) is 9.59 Å². The van der Waals surface area contributed by atoms with E-state index in [0.717, 1.165) is 17.8 Å². The highest BCUT2D eigenvalue weighted by molar-refractivity contribution is 7.13. The summed E-state index contributed by atoms with van der Waals surface area (Å²) in [6, 6.07) is 14.2. The normalized spacial score (nSPS) is 15.6. The third-order valence-corrected chi connectivity index (χ3v) is 6.47. The molecule has 0 spiro atoms. The third kappa shape index (κ3) is 5.40. The zero-order valence-electron chi connectivity index (χ0n) is 18.4. The highest BCUT2D eigenvalue weighted by atomic mass is 32.1. The Morgan fingerprint density at radius 3 is 2.58 bits per heavy atom. The molecule has 1 saturated heterocycles. The van der Waals surface area contributed by atoms with Crippen LogP contribution in [0.5, 0.6) is 11.5 Å². The van der Waals surface area contributed by atoms with Crippen LogP contribution in [0.15, 0.2) is 48.5 Å². The van der Waals surface area contributed by atoms with E-state index in [0.29, 0.717) is 36.0 Å². The maximum Gasteiger partial charge on any atom is 0.321 e. The number of anilines is 2. The van der Waals surface area contributed by atoms with Gasteiger partial charge in [-0.15, -0.1) is 10.2 Å². The molecule has 1 aliphatic rings. The molecule has 2 N–H and O–H groups in total. The molecule has 4 rings (SSSR count). The first-order valence-corrected chi connectivity index (χ1v) is 11.4. The van der Waals surface area contributed by atoms with Crippen LogP contribution < -0.4 is 20.1 Å². The number of para-hydroxylation sites is 2. The van der Waals surface area contributed by atoms with Crippen LogP contribution in [0.2, 0.25) is 0 Å². The quantitative estimate of drug-likeness (QED) is 0.562. The van der Waals surface area contributed by atoms with Crippen molar-refractivity contribution in [2.24, 2.45) is 0 Å². The summed E-state index contributed by atoms with van der Waals surface area (Å²) in [5.41, 5.74) is 1.27. The zero-order valence-corrected chi connectivity index (χ0v) is 19.2. The fourth-order valence-electron chi connectivity index (χ4n) is 3.66. The fraction of sp³-hybridized carbons (Fsp3) is 0.304. The minimum absolute atomic E-state index is 0.0298. The van der Waals surface area contributed by atoms with Gasteiger partial charge in [-0.25, -0.2) is 4.79 Å². The molecule has 33 heavy (non-hydrogen) atoms. The Labute approximate surface area is 195 Å². The van der Waals surface area contributed by atoms with Crippen LogP contribution in [0.3, 0.4) is 0 Å². The highest BCUT2D eigenvalue weighted by Crippen LogP contribution is 2.30. The minimum Gasteiger partial charge on any atom is -0.497 e. The van der Waals surface area contributed by atoms with Gasteiger partial charge in [-0.3, -0.25) is 4.79 Å². The molecular formula is C23H25N5O4S. The van der Waals surface area contributed by atoms with E-state index in [1.54, 1.807) is 55.5 Å². The second-order valence-corrected chi connectivity index (χ2v) is 8.55. The van der Waals surface area contributed by atoms with Crippen molar-refractivity contribution in [2.75, 3.05) is 37.9 Å². The number of hydrogen-bond acceptors (Lipinski definition) is 7. The summed E-state index contributed by atoms with van der Waals surface area (Å²) in [6.07, 6.45) is 1.73. The Balaban J connectivity index is 1.38. The summed E-state index contributed by atoms with van der Waals surface area (Å²) in [4.78, 5) is 27.2. The Hall–Kier alpha value is -3.66. The first kappa shape index (κ1) is 22.5. The number of piperidine rings is 1. The molecule has 0 saturated carbocycles. The molecule has 2 aromatic carbocycles. The van der Waals surface area contributed by atoms with Crippen molar-refractivity contribution in [3.63, 3.8) is 0 Å². The van der Waals surface area contributed by atoms with Gasteiger partial charge in [0.1, 0.15) is 16.5 Å². The van der Waals surface area contributed by atoms with Gasteiger partial charge in [0.15, 0.2) is 0 Å². The predicted octanol–water partition coefficient (Wildman–Crippen LogP) is 4.22. The van der Waals surface area contributed by atoms with Crippen molar-refractivity contribution < 1.29 is 19.1 Å². The maximum absolute atomic E-state index is 12.8. The number of hydrogen-bond donors (Lipinski definition) is 2. The number of ether oxygens (including phenoxy) is 2. The number of urea groups is 1. The lowest BCUT2D eigenvalue weighted by Gasteiger charge is -2.31. The monoisotopic (exact) mass is 467 g/mol. The molecule has 172 valence electrons. The molecular weight excluding hydrogens is 442 g/mol. The number of carbonyl (C=O) groups excluding carboxylic acids is 2. The van der Waals surface area contributed by atoms with Gasteiger partial charge in [0.25, 0.3) is 5.91 Å². The molecule has 0 radical (unpaired) electrons. The predicted molar refractivity (Wildman–Crippen MR) is 126 cm³/mol. The summed E-state index contributed by atoms with van der Waals surface area (Å²) in [5.74, 6) is 1.03. The molecule has 9 nitrogen and oxygen atoms in total. The van der Waals surface area contributed by atoms with Crippen molar-refractivity contribution in [1.29, 1.82) is 0 Å². The van der Waals surface area contributed by atoms with Crippen LogP contribution in [0.1, 0.15) is 33.6 Å². The lowest BCUT2D eigenvalue weighted by Crippen LogP contribution is -2.41. The van der Waals surface area contributed by atoms with Gasteiger partial charge >= 0.3 is 6.03 Å². The first-order valence-electron chi connectivity index (χ1n) is 10.5. The van der Waals surface area contributed by atoms with Gasteiger partial charge in [0.2, 0.25) is 5.01 Å². The molecule has 10 heteroatoms. The third-order valence-electron chi connectivity index (χ3n) is 5.39. The van der Waals surface area contributed by atoms with Gasteiger partial charge in [-0.1, -0.05) is 23.5 Å². The summed E-state index contributed by atoms with van der Waals surface area (Å²) in [5, 5.41) is 15.1. The lowest BCUT2D eigenvalue weighted by atomic mass is 9.99. The van der Waals surface area contributed by atoms with Crippen molar-refractivity contribution in [1.82, 2.24) is 15.1 Å². The standard InChI is InChI=1S/C23H25N5O4S/c1-31-17-11-9-16(10-12-17)24-20(29)22-27-26-21(33-22)15-6-5-13-28(14-15)23(30)25-18-7-3-4-8-19(18)32-2/h3-4,7-12,15H,5-6,13-14H2,1-2H3,(H,24,29)(H,25,30)/t15-/m1/s1. The number of nitrogens with zero attached hydrogens (tertiary/aromatic N) is 3. The lowest BCUT2D eigenvalue weighted by molar-refractivity contribution is 0.102. The van der Waals surface area contributed by atoms with Crippen LogP contribution in [0.25, 0.3) is 0 Å². The fourth-order valence-corrected chi connectivity index (χ4v) is 4.52. The number of methoxy groups -OCH3 is 2. The first-order chi connectivity index (χ1) is 16.1. The number of aromatic nitrogens is 2. The van der Waals surface area contributed by atoms with Crippen molar-refractivity contribution in [3.8, 4) is 11.5 Å². The van der Waals surface area contributed by atoms with Crippen molar-refractivity contribution >= 4 is 34.6 Å². The van der Waals surface area contributed by atoms with Crippen LogP contribution in [-0.4, -0.2) is 54.3 Å². The van der Waals surface area contributed by atoms with E-state index in [2.05, 4.69) is 20.8 Å². The van der Waals surface area contributed by atoms with Crippen LogP contribution in [-0.2, 0) is 0 Å². The van der Waals surface area contributed by atoms with Crippen LogP contribution in [0, 0.1) is 0 Å². The average molecular weight is 468 g/mol. The largest absolute Gasteiger partial charge is 0.497 e. The smallest absolute Gasteiger partial charge is 0.321 e. The van der Waals surface area contributed by atoms with Crippen LogP contribution >= 0.6 is 11.3 Å². The molecule has 1 aliphatic heterocycles. The van der Waals surface area contributed by atoms with E-state index in [1.807, 2.05) is 12.1 Å². The number of amides is 3. The van der Waals surface area contributed by atoms with E-state index >= 15 is 0 Å². The van der Waals surface area contributed by atoms with E-state index in [1.165, 1.54) is 11.3 Å². The Morgan fingerprint density at radius 1 is 1.03 bits per heavy atom. The van der Waals surface area contributed by atoms with Crippen LogP contribution in [0.4, 0.5) is 16.2 Å². The number of carbonyl (C=O) groups is 2. The Morgan fingerprint density at radius 2 is 1.82 bits per heavy atom. The summed E-state index contributed by atoms with van der Waals surface area (Å²) in [7, 11) is 3.16. The molecule has 2 heterocycles. The van der Waals surface area contributed by atoms with Crippen molar-refractivity contribution in [2.45, 2.75) is 18.8 Å². The van der Waals surface area contributed by atoms with E-state index in [4.69, 9.17) is 9.47 Å². The number of rotatable bonds is 6.